The SMILES string of the molecule is Cc1nc(SCC(C)(C)C(=O)O)nc(C)c1C. The Morgan fingerprint density at radius 3 is 2.12 bits per heavy atom. The van der Waals surface area contributed by atoms with Gasteiger partial charge in [0.15, 0.2) is 5.16 Å². The van der Waals surface area contributed by atoms with Gasteiger partial charge in [0.05, 0.1) is 5.41 Å². The van der Waals surface area contributed by atoms with Gasteiger partial charge in [-0.15, -0.1) is 0 Å². The van der Waals surface area contributed by atoms with Crippen molar-refractivity contribution in [1.82, 2.24) is 9.97 Å². The minimum Gasteiger partial charge on any atom is -0.481 e. The van der Waals surface area contributed by atoms with E-state index in [1.807, 2.05) is 20.8 Å². The number of hydrogen-bond acceptors (Lipinski definition) is 4. The predicted molar refractivity (Wildman–Crippen MR) is 68.4 cm³/mol. The van der Waals surface area contributed by atoms with Crippen molar-refractivity contribution in [2.75, 3.05) is 5.75 Å². The molecule has 0 radical (unpaired) electrons. The van der Waals surface area contributed by atoms with Crippen molar-refractivity contribution < 1.29 is 9.90 Å². The molecule has 0 aromatic carbocycles. The maximum Gasteiger partial charge on any atom is 0.309 e. The Morgan fingerprint density at radius 2 is 1.71 bits per heavy atom. The van der Waals surface area contributed by atoms with Crippen LogP contribution in [0.4, 0.5) is 0 Å². The summed E-state index contributed by atoms with van der Waals surface area (Å²) in [7, 11) is 0. The fourth-order valence-corrected chi connectivity index (χ4v) is 2.13. The highest BCUT2D eigenvalue weighted by atomic mass is 32.2. The second kappa shape index (κ2) is 5.04. The summed E-state index contributed by atoms with van der Waals surface area (Å²) < 4.78 is 0. The number of carboxylic acid groups (broad SMARTS) is 1. The van der Waals surface area contributed by atoms with E-state index in [2.05, 4.69) is 9.97 Å². The maximum atomic E-state index is 11.0. The molecule has 0 unspecified atom stereocenters. The average Bonchev–Trinajstić information content (AvgIpc) is 2.22. The summed E-state index contributed by atoms with van der Waals surface area (Å²) in [5.41, 5.74) is 2.23. The van der Waals surface area contributed by atoms with E-state index < -0.39 is 11.4 Å². The Kier molecular flexibility index (Phi) is 4.14. The third-order valence-corrected chi connectivity index (χ3v) is 4.06. The van der Waals surface area contributed by atoms with Gasteiger partial charge in [0, 0.05) is 17.1 Å². The monoisotopic (exact) mass is 254 g/mol. The molecule has 0 saturated heterocycles. The first-order chi connectivity index (χ1) is 7.74. The van der Waals surface area contributed by atoms with Crippen LogP contribution in [0.25, 0.3) is 0 Å². The normalized spacial score (nSPS) is 11.6. The van der Waals surface area contributed by atoms with Gasteiger partial charge in [-0.05, 0) is 40.2 Å². The first kappa shape index (κ1) is 14.0. The lowest BCUT2D eigenvalue weighted by Crippen LogP contribution is -2.26. The quantitative estimate of drug-likeness (QED) is 0.661. The lowest BCUT2D eigenvalue weighted by molar-refractivity contribution is -0.145. The van der Waals surface area contributed by atoms with Crippen molar-refractivity contribution in [2.24, 2.45) is 5.41 Å². The van der Waals surface area contributed by atoms with Crippen LogP contribution in [-0.2, 0) is 4.79 Å². The molecule has 17 heavy (non-hydrogen) atoms. The number of carboxylic acids is 1. The molecule has 0 fully saturated rings. The Labute approximate surface area is 106 Å². The zero-order valence-corrected chi connectivity index (χ0v) is 11.7. The molecule has 0 aliphatic carbocycles. The van der Waals surface area contributed by atoms with E-state index in [1.54, 1.807) is 13.8 Å². The van der Waals surface area contributed by atoms with Crippen LogP contribution in [0.5, 0.6) is 0 Å². The molecular weight excluding hydrogens is 236 g/mol. The van der Waals surface area contributed by atoms with E-state index in [1.165, 1.54) is 11.8 Å². The van der Waals surface area contributed by atoms with Gasteiger partial charge in [0.25, 0.3) is 0 Å². The fraction of sp³-hybridized carbons (Fsp3) is 0.583. The smallest absolute Gasteiger partial charge is 0.309 e. The highest BCUT2D eigenvalue weighted by Gasteiger charge is 2.27. The Morgan fingerprint density at radius 1 is 1.24 bits per heavy atom. The van der Waals surface area contributed by atoms with Gasteiger partial charge in [-0.3, -0.25) is 4.79 Å². The van der Waals surface area contributed by atoms with E-state index in [9.17, 15) is 4.79 Å². The minimum atomic E-state index is -0.800. The summed E-state index contributed by atoms with van der Waals surface area (Å²) >= 11 is 1.39. The molecule has 4 nitrogen and oxygen atoms in total. The van der Waals surface area contributed by atoms with E-state index >= 15 is 0 Å². The van der Waals surface area contributed by atoms with Crippen molar-refractivity contribution in [3.63, 3.8) is 0 Å². The summed E-state index contributed by atoms with van der Waals surface area (Å²) in [6, 6.07) is 0. The van der Waals surface area contributed by atoms with Crippen LogP contribution in [-0.4, -0.2) is 26.8 Å². The van der Waals surface area contributed by atoms with Crippen LogP contribution in [0.15, 0.2) is 5.16 Å². The van der Waals surface area contributed by atoms with Crippen molar-refractivity contribution in [1.29, 1.82) is 0 Å². The first-order valence-electron chi connectivity index (χ1n) is 5.42. The lowest BCUT2D eigenvalue weighted by Gasteiger charge is -2.17. The van der Waals surface area contributed by atoms with Crippen LogP contribution in [0.3, 0.4) is 0 Å². The number of aromatic nitrogens is 2. The number of aliphatic carboxylic acids is 1. The Bertz CT molecular complexity index is 421. The summed E-state index contributed by atoms with van der Waals surface area (Å²) in [5, 5.41) is 9.67. The number of nitrogens with zero attached hydrogens (tertiary/aromatic N) is 2. The summed E-state index contributed by atoms with van der Waals surface area (Å²) in [6.45, 7) is 9.28. The number of hydrogen-bond donors (Lipinski definition) is 1. The van der Waals surface area contributed by atoms with Crippen molar-refractivity contribution in [2.45, 2.75) is 39.8 Å². The molecule has 1 aromatic rings. The van der Waals surface area contributed by atoms with Crippen LogP contribution in [0.2, 0.25) is 0 Å². The maximum absolute atomic E-state index is 11.0. The second-order valence-corrected chi connectivity index (χ2v) is 5.72. The zero-order valence-electron chi connectivity index (χ0n) is 10.9. The molecule has 0 bridgehead atoms. The molecule has 1 aromatic heterocycles. The molecule has 0 saturated carbocycles. The summed E-state index contributed by atoms with van der Waals surface area (Å²) in [6.07, 6.45) is 0. The van der Waals surface area contributed by atoms with Crippen molar-refractivity contribution >= 4 is 17.7 Å². The van der Waals surface area contributed by atoms with Gasteiger partial charge in [-0.2, -0.15) is 0 Å². The minimum absolute atomic E-state index is 0.463. The second-order valence-electron chi connectivity index (χ2n) is 4.78. The number of rotatable bonds is 4. The highest BCUT2D eigenvalue weighted by Crippen LogP contribution is 2.26. The fourth-order valence-electron chi connectivity index (χ4n) is 1.11. The van der Waals surface area contributed by atoms with Crippen LogP contribution < -0.4 is 0 Å². The van der Waals surface area contributed by atoms with Gasteiger partial charge in [-0.1, -0.05) is 11.8 Å². The lowest BCUT2D eigenvalue weighted by atomic mass is 9.97. The standard InChI is InChI=1S/C12H18N2O2S/c1-7-8(2)13-11(14-9(7)3)17-6-12(4,5)10(15)16/h6H2,1-5H3,(H,15,16). The molecular formula is C12H18N2O2S. The third kappa shape index (κ3) is 3.43. The molecule has 0 spiro atoms. The van der Waals surface area contributed by atoms with Gasteiger partial charge in [0.1, 0.15) is 0 Å². The Balaban J connectivity index is 2.81. The van der Waals surface area contributed by atoms with Gasteiger partial charge < -0.3 is 5.11 Å². The van der Waals surface area contributed by atoms with E-state index in [-0.39, 0.29) is 0 Å². The number of thioether (sulfide) groups is 1. The summed E-state index contributed by atoms with van der Waals surface area (Å²) in [4.78, 5) is 19.7. The number of aryl methyl sites for hydroxylation is 2. The Hall–Kier alpha value is -1.10. The van der Waals surface area contributed by atoms with E-state index in [0.717, 1.165) is 17.0 Å². The molecule has 0 aliphatic heterocycles. The van der Waals surface area contributed by atoms with E-state index in [0.29, 0.717) is 10.9 Å². The topological polar surface area (TPSA) is 63.1 Å². The average molecular weight is 254 g/mol. The molecule has 1 N–H and O–H groups in total. The largest absolute Gasteiger partial charge is 0.481 e. The molecule has 5 heteroatoms. The third-order valence-electron chi connectivity index (χ3n) is 2.75. The van der Waals surface area contributed by atoms with Gasteiger partial charge in [0.2, 0.25) is 0 Å². The molecule has 1 heterocycles. The molecule has 0 amide bonds. The van der Waals surface area contributed by atoms with Crippen molar-refractivity contribution in [3.8, 4) is 0 Å². The molecule has 0 atom stereocenters. The van der Waals surface area contributed by atoms with Gasteiger partial charge in [-0.25, -0.2) is 9.97 Å². The predicted octanol–water partition coefficient (Wildman–Crippen LogP) is 2.60. The van der Waals surface area contributed by atoms with E-state index in [4.69, 9.17) is 5.11 Å². The highest BCUT2D eigenvalue weighted by molar-refractivity contribution is 7.99. The van der Waals surface area contributed by atoms with Crippen LogP contribution in [0, 0.1) is 26.2 Å². The zero-order chi connectivity index (χ0) is 13.2. The number of carbonyl (C=O) groups is 1. The van der Waals surface area contributed by atoms with Crippen LogP contribution in [0.1, 0.15) is 30.8 Å². The van der Waals surface area contributed by atoms with Gasteiger partial charge >= 0.3 is 5.97 Å². The first-order valence-corrected chi connectivity index (χ1v) is 6.40. The van der Waals surface area contributed by atoms with Crippen LogP contribution >= 0.6 is 11.8 Å². The summed E-state index contributed by atoms with van der Waals surface area (Å²) in [5.74, 6) is -0.338. The molecule has 0 aliphatic rings. The van der Waals surface area contributed by atoms with Crippen molar-refractivity contribution in [3.05, 3.63) is 17.0 Å². The molecule has 94 valence electrons. The molecule has 1 rings (SSSR count).